The van der Waals surface area contributed by atoms with E-state index in [1.807, 2.05) is 6.92 Å². The number of ether oxygens (including phenoxy) is 1. The van der Waals surface area contributed by atoms with Crippen LogP contribution in [-0.2, 0) is 21.3 Å². The summed E-state index contributed by atoms with van der Waals surface area (Å²) in [7, 11) is -2.72. The van der Waals surface area contributed by atoms with Gasteiger partial charge in [-0.05, 0) is 50.1 Å². The van der Waals surface area contributed by atoms with Crippen LogP contribution in [0.3, 0.4) is 0 Å². The maximum atomic E-state index is 13.4. The lowest BCUT2D eigenvalue weighted by atomic mass is 10.1. The van der Waals surface area contributed by atoms with Crippen LogP contribution in [-0.4, -0.2) is 48.1 Å². The normalized spacial score (nSPS) is 11.5. The monoisotopic (exact) mass is 455 g/mol. The van der Waals surface area contributed by atoms with Crippen molar-refractivity contribution in [2.75, 3.05) is 13.7 Å². The van der Waals surface area contributed by atoms with Crippen LogP contribution in [0.5, 0.6) is 0 Å². The number of methoxy groups -OCH3 is 1. The summed E-state index contributed by atoms with van der Waals surface area (Å²) in [5.41, 5.74) is 2.92. The minimum Gasteiger partial charge on any atom is -0.464 e. The van der Waals surface area contributed by atoms with Crippen molar-refractivity contribution in [2.45, 2.75) is 32.2 Å². The van der Waals surface area contributed by atoms with Gasteiger partial charge in [0, 0.05) is 30.2 Å². The molecular weight excluding hydrogens is 430 g/mol. The van der Waals surface area contributed by atoms with Crippen LogP contribution >= 0.6 is 0 Å². The number of aryl methyl sites for hydroxylation is 2. The Kier molecular flexibility index (Phi) is 6.90. The highest BCUT2D eigenvalue weighted by Crippen LogP contribution is 2.23. The van der Waals surface area contributed by atoms with Gasteiger partial charge in [-0.2, -0.15) is 4.31 Å². The second-order valence-corrected chi connectivity index (χ2v) is 9.43. The molecule has 8 nitrogen and oxygen atoms in total. The van der Waals surface area contributed by atoms with Gasteiger partial charge >= 0.3 is 5.97 Å². The first-order valence-corrected chi connectivity index (χ1v) is 11.4. The molecule has 0 fully saturated rings. The third-order valence-corrected chi connectivity index (χ3v) is 6.97. The van der Waals surface area contributed by atoms with Crippen LogP contribution in [0.25, 0.3) is 0 Å². The molecule has 0 saturated heterocycles. The lowest BCUT2D eigenvalue weighted by molar-refractivity contribution is 0.0594. The Balaban J connectivity index is 1.99. The lowest BCUT2D eigenvalue weighted by Gasteiger charge is -2.22. The average Bonchev–Trinajstić information content (AvgIpc) is 3.07. The van der Waals surface area contributed by atoms with E-state index < -0.39 is 28.3 Å². The summed E-state index contributed by atoms with van der Waals surface area (Å²) in [4.78, 5) is 32.2. The summed E-state index contributed by atoms with van der Waals surface area (Å²) in [5.74, 6) is -1.02. The van der Waals surface area contributed by atoms with Crippen LogP contribution in [0, 0.1) is 20.8 Å². The van der Waals surface area contributed by atoms with Crippen molar-refractivity contribution < 1.29 is 22.7 Å². The third kappa shape index (κ3) is 4.79. The topological polar surface area (TPSA) is 109 Å². The largest absolute Gasteiger partial charge is 0.464 e. The van der Waals surface area contributed by atoms with Crippen molar-refractivity contribution in [3.8, 4) is 0 Å². The Labute approximate surface area is 187 Å². The summed E-state index contributed by atoms with van der Waals surface area (Å²) < 4.78 is 32.7. The standard InChI is InChI=1S/C23H25N3O5S/c1-15-7-9-19(10-8-15)32(29,30)26(13-18-6-5-11-24-12-18)14-20(27)21-16(2)22(23(28)31-4)25-17(21)3/h5-12,25H,13-14H2,1-4H3. The third-order valence-electron chi connectivity index (χ3n) is 5.17. The van der Waals surface area contributed by atoms with Gasteiger partial charge in [-0.25, -0.2) is 13.2 Å². The number of benzene rings is 1. The van der Waals surface area contributed by atoms with E-state index in [1.54, 1.807) is 50.5 Å². The highest BCUT2D eigenvalue weighted by molar-refractivity contribution is 7.89. The molecule has 2 heterocycles. The maximum Gasteiger partial charge on any atom is 0.354 e. The maximum absolute atomic E-state index is 13.4. The molecule has 1 N–H and O–H groups in total. The van der Waals surface area contributed by atoms with E-state index in [4.69, 9.17) is 4.74 Å². The van der Waals surface area contributed by atoms with Gasteiger partial charge in [0.2, 0.25) is 10.0 Å². The van der Waals surface area contributed by atoms with Crippen LogP contribution in [0.15, 0.2) is 53.7 Å². The molecule has 0 unspecified atom stereocenters. The summed E-state index contributed by atoms with van der Waals surface area (Å²) in [5, 5.41) is 0. The van der Waals surface area contributed by atoms with Gasteiger partial charge in [0.15, 0.2) is 5.78 Å². The predicted molar refractivity (Wildman–Crippen MR) is 119 cm³/mol. The molecule has 2 aromatic heterocycles. The van der Waals surface area contributed by atoms with Gasteiger partial charge in [-0.3, -0.25) is 9.78 Å². The average molecular weight is 456 g/mol. The Hall–Kier alpha value is -3.30. The summed E-state index contributed by atoms with van der Waals surface area (Å²) in [6.45, 7) is 4.73. The first-order valence-electron chi connectivity index (χ1n) is 9.91. The number of aromatic amines is 1. The first-order chi connectivity index (χ1) is 15.1. The molecular formula is C23H25N3O5S. The molecule has 0 aliphatic carbocycles. The van der Waals surface area contributed by atoms with Crippen LogP contribution in [0.4, 0.5) is 0 Å². The molecule has 0 atom stereocenters. The van der Waals surface area contributed by atoms with Crippen molar-refractivity contribution >= 4 is 21.8 Å². The van der Waals surface area contributed by atoms with E-state index in [1.165, 1.54) is 19.2 Å². The molecule has 0 spiro atoms. The number of carbonyl (C=O) groups is 2. The van der Waals surface area contributed by atoms with E-state index in [0.717, 1.165) is 9.87 Å². The number of esters is 1. The Bertz CT molecular complexity index is 1230. The summed E-state index contributed by atoms with van der Waals surface area (Å²) in [6, 6.07) is 9.91. The predicted octanol–water partition coefficient (Wildman–Crippen LogP) is 3.20. The number of H-pyrrole nitrogens is 1. The number of pyridine rings is 1. The zero-order valence-corrected chi connectivity index (χ0v) is 19.2. The van der Waals surface area contributed by atoms with Gasteiger partial charge in [-0.15, -0.1) is 0 Å². The molecule has 1 aromatic carbocycles. The Morgan fingerprint density at radius 2 is 1.78 bits per heavy atom. The SMILES string of the molecule is COC(=O)c1[nH]c(C)c(C(=O)CN(Cc2cccnc2)S(=O)(=O)c2ccc(C)cc2)c1C. The zero-order valence-electron chi connectivity index (χ0n) is 18.4. The fraction of sp³-hybridized carbons (Fsp3) is 0.261. The second-order valence-electron chi connectivity index (χ2n) is 7.49. The number of sulfonamides is 1. The van der Waals surface area contributed by atoms with E-state index in [9.17, 15) is 18.0 Å². The van der Waals surface area contributed by atoms with Crippen LogP contribution in [0.1, 0.15) is 43.2 Å². The quantitative estimate of drug-likeness (QED) is 0.413. The molecule has 3 aromatic rings. The number of carbonyl (C=O) groups excluding carboxylic acids is 2. The van der Waals surface area contributed by atoms with E-state index in [-0.39, 0.29) is 22.7 Å². The molecule has 3 rings (SSSR count). The van der Waals surface area contributed by atoms with Gasteiger partial charge in [0.1, 0.15) is 5.69 Å². The van der Waals surface area contributed by atoms with Crippen molar-refractivity contribution in [1.82, 2.24) is 14.3 Å². The molecule has 0 aliphatic heterocycles. The minimum atomic E-state index is -3.98. The molecule has 32 heavy (non-hydrogen) atoms. The van der Waals surface area contributed by atoms with Crippen molar-refractivity contribution in [3.63, 3.8) is 0 Å². The van der Waals surface area contributed by atoms with Crippen LogP contribution < -0.4 is 0 Å². The zero-order chi connectivity index (χ0) is 23.5. The van der Waals surface area contributed by atoms with Gasteiger partial charge in [0.05, 0.1) is 18.6 Å². The fourth-order valence-corrected chi connectivity index (χ4v) is 4.88. The van der Waals surface area contributed by atoms with Gasteiger partial charge in [-0.1, -0.05) is 23.8 Å². The molecule has 168 valence electrons. The number of hydrogen-bond acceptors (Lipinski definition) is 6. The number of nitrogens with one attached hydrogen (secondary N) is 1. The number of nitrogens with zero attached hydrogens (tertiary/aromatic N) is 2. The number of aromatic nitrogens is 2. The fourth-order valence-electron chi connectivity index (χ4n) is 3.49. The van der Waals surface area contributed by atoms with Crippen molar-refractivity contribution in [3.05, 3.63) is 82.4 Å². The highest BCUT2D eigenvalue weighted by Gasteiger charge is 2.30. The second kappa shape index (κ2) is 9.46. The molecule has 9 heteroatoms. The van der Waals surface area contributed by atoms with Crippen molar-refractivity contribution in [1.29, 1.82) is 0 Å². The number of Topliss-reactive ketones (excluding diaryl/α,β-unsaturated/α-hetero) is 1. The minimum absolute atomic E-state index is 0.0256. The highest BCUT2D eigenvalue weighted by atomic mass is 32.2. The lowest BCUT2D eigenvalue weighted by Crippen LogP contribution is -2.35. The van der Waals surface area contributed by atoms with Gasteiger partial charge in [0.25, 0.3) is 0 Å². The molecule has 0 aliphatic rings. The van der Waals surface area contributed by atoms with E-state index >= 15 is 0 Å². The number of hydrogen-bond donors (Lipinski definition) is 1. The van der Waals surface area contributed by atoms with Gasteiger partial charge < -0.3 is 9.72 Å². The summed E-state index contributed by atoms with van der Waals surface area (Å²) in [6.07, 6.45) is 3.15. The van der Waals surface area contributed by atoms with Crippen LogP contribution in [0.2, 0.25) is 0 Å². The Morgan fingerprint density at radius 1 is 1.09 bits per heavy atom. The van der Waals surface area contributed by atoms with Crippen molar-refractivity contribution in [2.24, 2.45) is 0 Å². The Morgan fingerprint density at radius 3 is 2.38 bits per heavy atom. The molecule has 0 amide bonds. The molecule has 0 saturated carbocycles. The smallest absolute Gasteiger partial charge is 0.354 e. The first kappa shape index (κ1) is 23.4. The number of rotatable bonds is 8. The number of ketones is 1. The summed E-state index contributed by atoms with van der Waals surface area (Å²) >= 11 is 0. The van der Waals surface area contributed by atoms with E-state index in [2.05, 4.69) is 9.97 Å². The van der Waals surface area contributed by atoms with E-state index in [0.29, 0.717) is 16.8 Å². The molecule has 0 radical (unpaired) electrons. The molecule has 0 bridgehead atoms.